The number of aryl methyl sites for hydroxylation is 1. The molecule has 19 heavy (non-hydrogen) atoms. The van der Waals surface area contributed by atoms with Crippen LogP contribution in [0.5, 0.6) is 11.5 Å². The molecule has 1 aromatic carbocycles. The molecule has 6 nitrogen and oxygen atoms in total. The van der Waals surface area contributed by atoms with Gasteiger partial charge in [0.1, 0.15) is 11.5 Å². The molecule has 0 saturated carbocycles. The number of rotatable bonds is 7. The number of benzene rings is 1. The first-order valence-electron chi connectivity index (χ1n) is 5.75. The monoisotopic (exact) mass is 289 g/mol. The maximum atomic E-state index is 11.2. The highest BCUT2D eigenvalue weighted by Gasteiger charge is 2.20. The van der Waals surface area contributed by atoms with E-state index in [1.807, 2.05) is 0 Å². The average molecular weight is 289 g/mol. The van der Waals surface area contributed by atoms with Crippen LogP contribution in [0.3, 0.4) is 0 Å². The van der Waals surface area contributed by atoms with Crippen molar-refractivity contribution in [3.63, 3.8) is 0 Å². The smallest absolute Gasteiger partial charge is 0.214 e. The molecule has 7 heteroatoms. The van der Waals surface area contributed by atoms with Crippen molar-refractivity contribution in [1.82, 2.24) is 0 Å². The minimum atomic E-state index is -3.73. The fourth-order valence-corrected chi connectivity index (χ4v) is 2.39. The molecule has 0 fully saturated rings. The van der Waals surface area contributed by atoms with Gasteiger partial charge < -0.3 is 14.6 Å². The average Bonchev–Trinajstić information content (AvgIpc) is 2.38. The van der Waals surface area contributed by atoms with Crippen LogP contribution in [0, 0.1) is 0 Å². The van der Waals surface area contributed by atoms with Gasteiger partial charge in [-0.3, -0.25) is 0 Å². The second-order valence-electron chi connectivity index (χ2n) is 4.11. The van der Waals surface area contributed by atoms with E-state index in [-0.39, 0.29) is 6.42 Å². The summed E-state index contributed by atoms with van der Waals surface area (Å²) in [5.74, 6) is 1.27. The number of primary sulfonamides is 1. The summed E-state index contributed by atoms with van der Waals surface area (Å²) in [6.45, 7) is -0.489. The largest absolute Gasteiger partial charge is 0.497 e. The Labute approximate surface area is 113 Å². The van der Waals surface area contributed by atoms with Crippen LogP contribution >= 0.6 is 0 Å². The predicted octanol–water partition coefficient (Wildman–Crippen LogP) is 0.286. The third-order valence-corrected chi connectivity index (χ3v) is 4.21. The molecule has 1 rings (SSSR count). The van der Waals surface area contributed by atoms with Crippen LogP contribution in [0.1, 0.15) is 12.0 Å². The maximum absolute atomic E-state index is 11.2. The van der Waals surface area contributed by atoms with Crippen molar-refractivity contribution in [3.05, 3.63) is 23.8 Å². The molecule has 1 atom stereocenters. The van der Waals surface area contributed by atoms with Crippen molar-refractivity contribution in [2.24, 2.45) is 5.14 Å². The van der Waals surface area contributed by atoms with E-state index in [9.17, 15) is 8.42 Å². The first-order valence-corrected chi connectivity index (χ1v) is 7.36. The lowest BCUT2D eigenvalue weighted by Crippen LogP contribution is -2.32. The molecule has 0 aliphatic heterocycles. The highest BCUT2D eigenvalue weighted by atomic mass is 32.2. The molecule has 108 valence electrons. The van der Waals surface area contributed by atoms with Gasteiger partial charge in [0.15, 0.2) is 0 Å². The second-order valence-corrected chi connectivity index (χ2v) is 5.95. The Morgan fingerprint density at radius 2 is 2.00 bits per heavy atom. The number of methoxy groups -OCH3 is 2. The van der Waals surface area contributed by atoms with Crippen LogP contribution < -0.4 is 14.6 Å². The van der Waals surface area contributed by atoms with E-state index in [4.69, 9.17) is 19.7 Å². The molecule has 0 aromatic heterocycles. The van der Waals surface area contributed by atoms with E-state index < -0.39 is 21.9 Å². The molecular weight excluding hydrogens is 270 g/mol. The van der Waals surface area contributed by atoms with E-state index >= 15 is 0 Å². The Balaban J connectivity index is 2.82. The molecule has 0 aliphatic carbocycles. The van der Waals surface area contributed by atoms with Gasteiger partial charge in [0.2, 0.25) is 10.0 Å². The normalized spacial score (nSPS) is 13.1. The molecule has 0 aliphatic rings. The van der Waals surface area contributed by atoms with Crippen LogP contribution in [0.4, 0.5) is 0 Å². The fourth-order valence-electron chi connectivity index (χ4n) is 1.73. The molecule has 0 amide bonds. The molecule has 1 unspecified atom stereocenters. The van der Waals surface area contributed by atoms with Gasteiger partial charge in [-0.05, 0) is 24.5 Å². The number of hydrogen-bond donors (Lipinski definition) is 2. The second kappa shape index (κ2) is 6.74. The van der Waals surface area contributed by atoms with Crippen molar-refractivity contribution in [1.29, 1.82) is 0 Å². The lowest BCUT2D eigenvalue weighted by atomic mass is 10.1. The van der Waals surface area contributed by atoms with Gasteiger partial charge in [-0.2, -0.15) is 0 Å². The standard InChI is InChI=1S/C12H19NO5S/c1-17-10-5-3-9(12(7-10)18-2)4-6-11(8-14)19(13,15)16/h3,5,7,11,14H,4,6,8H2,1-2H3,(H2,13,15,16). The number of hydrogen-bond acceptors (Lipinski definition) is 5. The number of nitrogens with two attached hydrogens (primary N) is 1. The minimum Gasteiger partial charge on any atom is -0.497 e. The lowest BCUT2D eigenvalue weighted by Gasteiger charge is -2.14. The molecule has 0 bridgehead atoms. The molecule has 1 aromatic rings. The Morgan fingerprint density at radius 3 is 2.47 bits per heavy atom. The predicted molar refractivity (Wildman–Crippen MR) is 71.8 cm³/mol. The topological polar surface area (TPSA) is 98.9 Å². The van der Waals surface area contributed by atoms with Gasteiger partial charge in [-0.25, -0.2) is 13.6 Å². The highest BCUT2D eigenvalue weighted by molar-refractivity contribution is 7.89. The van der Waals surface area contributed by atoms with Crippen molar-refractivity contribution in [2.45, 2.75) is 18.1 Å². The molecule has 0 radical (unpaired) electrons. The summed E-state index contributed by atoms with van der Waals surface area (Å²) in [7, 11) is -0.651. The van der Waals surface area contributed by atoms with E-state index in [1.54, 1.807) is 25.3 Å². The highest BCUT2D eigenvalue weighted by Crippen LogP contribution is 2.26. The Morgan fingerprint density at radius 1 is 1.32 bits per heavy atom. The quantitative estimate of drug-likeness (QED) is 0.751. The summed E-state index contributed by atoms with van der Waals surface area (Å²) >= 11 is 0. The summed E-state index contributed by atoms with van der Waals surface area (Å²) in [6.07, 6.45) is 0.673. The van der Waals surface area contributed by atoms with Crippen molar-refractivity contribution in [3.8, 4) is 11.5 Å². The Hall–Kier alpha value is -1.31. The summed E-state index contributed by atoms with van der Waals surface area (Å²) in [5.41, 5.74) is 0.838. The van der Waals surface area contributed by atoms with Gasteiger partial charge >= 0.3 is 0 Å². The van der Waals surface area contributed by atoms with Crippen LogP contribution in [-0.4, -0.2) is 39.6 Å². The van der Waals surface area contributed by atoms with E-state index in [0.29, 0.717) is 17.9 Å². The molecular formula is C12H19NO5S. The SMILES string of the molecule is COc1ccc(CCC(CO)S(N)(=O)=O)c(OC)c1. The number of sulfonamides is 1. The van der Waals surface area contributed by atoms with Crippen molar-refractivity contribution < 1.29 is 23.0 Å². The van der Waals surface area contributed by atoms with Gasteiger partial charge in [0, 0.05) is 6.07 Å². The lowest BCUT2D eigenvalue weighted by molar-refractivity contribution is 0.285. The first-order chi connectivity index (χ1) is 8.92. The summed E-state index contributed by atoms with van der Waals surface area (Å²) in [4.78, 5) is 0. The zero-order valence-corrected chi connectivity index (χ0v) is 11.8. The Bertz CT molecular complexity index is 515. The third kappa shape index (κ3) is 4.38. The molecule has 0 saturated heterocycles. The zero-order chi connectivity index (χ0) is 14.5. The number of aliphatic hydroxyl groups is 1. The van der Waals surface area contributed by atoms with E-state index in [1.165, 1.54) is 7.11 Å². The first kappa shape index (κ1) is 15.7. The van der Waals surface area contributed by atoms with E-state index in [0.717, 1.165) is 5.56 Å². The summed E-state index contributed by atoms with van der Waals surface area (Å²) in [6, 6.07) is 5.29. The van der Waals surface area contributed by atoms with Crippen LogP contribution in [0.25, 0.3) is 0 Å². The van der Waals surface area contributed by atoms with Crippen LogP contribution in [0.2, 0.25) is 0 Å². The Kier molecular flexibility index (Phi) is 5.59. The molecule has 3 N–H and O–H groups in total. The minimum absolute atomic E-state index is 0.234. The number of ether oxygens (including phenoxy) is 2. The number of aliphatic hydroxyl groups excluding tert-OH is 1. The zero-order valence-electron chi connectivity index (χ0n) is 11.0. The summed E-state index contributed by atoms with van der Waals surface area (Å²) in [5, 5.41) is 13.1. The fraction of sp³-hybridized carbons (Fsp3) is 0.500. The van der Waals surface area contributed by atoms with Gasteiger partial charge in [0.25, 0.3) is 0 Å². The van der Waals surface area contributed by atoms with Crippen molar-refractivity contribution >= 4 is 10.0 Å². The van der Waals surface area contributed by atoms with Gasteiger partial charge in [0.05, 0.1) is 26.1 Å². The maximum Gasteiger partial charge on any atom is 0.214 e. The van der Waals surface area contributed by atoms with Crippen LogP contribution in [-0.2, 0) is 16.4 Å². The third-order valence-electron chi connectivity index (χ3n) is 2.90. The summed E-state index contributed by atoms with van der Waals surface area (Å²) < 4.78 is 32.7. The van der Waals surface area contributed by atoms with Crippen LogP contribution in [0.15, 0.2) is 18.2 Å². The van der Waals surface area contributed by atoms with Gasteiger partial charge in [-0.1, -0.05) is 6.07 Å². The van der Waals surface area contributed by atoms with Gasteiger partial charge in [-0.15, -0.1) is 0 Å². The van der Waals surface area contributed by atoms with E-state index in [2.05, 4.69) is 0 Å². The van der Waals surface area contributed by atoms with Crippen molar-refractivity contribution in [2.75, 3.05) is 20.8 Å². The molecule has 0 spiro atoms. The molecule has 0 heterocycles.